The molecule has 26 heavy (non-hydrogen) atoms. The average Bonchev–Trinajstić information content (AvgIpc) is 3.23. The summed E-state index contributed by atoms with van der Waals surface area (Å²) in [6, 6.07) is 3.91. The molecule has 0 unspecified atom stereocenters. The molecule has 0 bridgehead atoms. The van der Waals surface area contributed by atoms with Gasteiger partial charge in [-0.25, -0.2) is 13.1 Å². The van der Waals surface area contributed by atoms with Crippen LogP contribution in [0.5, 0.6) is 0 Å². The summed E-state index contributed by atoms with van der Waals surface area (Å²) >= 11 is 1.15. The highest BCUT2D eigenvalue weighted by Gasteiger charge is 2.37. The molecule has 0 radical (unpaired) electrons. The van der Waals surface area contributed by atoms with E-state index in [1.165, 1.54) is 6.26 Å². The molecular formula is C15H13F3N2O4S2. The Bertz CT molecular complexity index is 1020. The van der Waals surface area contributed by atoms with E-state index in [9.17, 15) is 21.6 Å². The zero-order chi connectivity index (χ0) is 19.1. The van der Waals surface area contributed by atoms with Crippen LogP contribution in [-0.4, -0.2) is 13.6 Å². The fraction of sp³-hybridized carbons (Fsp3) is 0.267. The number of halogens is 3. The van der Waals surface area contributed by atoms with E-state index in [2.05, 4.69) is 14.4 Å². The fourth-order valence-electron chi connectivity index (χ4n) is 2.46. The van der Waals surface area contributed by atoms with Crippen molar-refractivity contribution >= 4 is 21.4 Å². The van der Waals surface area contributed by atoms with Crippen molar-refractivity contribution < 1.29 is 30.5 Å². The van der Waals surface area contributed by atoms with Gasteiger partial charge in [0.15, 0.2) is 0 Å². The molecule has 3 aromatic heterocycles. The summed E-state index contributed by atoms with van der Waals surface area (Å²) in [6.07, 6.45) is -3.30. The Balaban J connectivity index is 2.02. The number of hydrogen-bond acceptors (Lipinski definition) is 6. The van der Waals surface area contributed by atoms with Crippen molar-refractivity contribution in [1.29, 1.82) is 0 Å². The monoisotopic (exact) mass is 406 g/mol. The maximum Gasteiger partial charge on any atom is 0.452 e. The predicted molar refractivity (Wildman–Crippen MR) is 87.0 cm³/mol. The van der Waals surface area contributed by atoms with Crippen LogP contribution in [0.25, 0.3) is 11.3 Å². The molecule has 0 amide bonds. The van der Waals surface area contributed by atoms with E-state index >= 15 is 0 Å². The molecule has 1 N–H and O–H groups in total. The molecule has 0 saturated heterocycles. The average molecular weight is 406 g/mol. The van der Waals surface area contributed by atoms with Crippen molar-refractivity contribution in [1.82, 2.24) is 9.88 Å². The molecule has 6 nitrogen and oxygen atoms in total. The van der Waals surface area contributed by atoms with Crippen LogP contribution in [-0.2, 0) is 22.7 Å². The molecule has 0 aliphatic heterocycles. The summed E-state index contributed by atoms with van der Waals surface area (Å²) in [5.41, 5.74) is -0.0868. The highest BCUT2D eigenvalue weighted by Crippen LogP contribution is 2.40. The lowest BCUT2D eigenvalue weighted by molar-refractivity contribution is -0.155. The van der Waals surface area contributed by atoms with E-state index in [1.54, 1.807) is 26.0 Å². The smallest absolute Gasteiger partial charge is 0.452 e. The van der Waals surface area contributed by atoms with Gasteiger partial charge in [0.1, 0.15) is 16.3 Å². The highest BCUT2D eigenvalue weighted by atomic mass is 32.2. The van der Waals surface area contributed by atoms with E-state index in [0.717, 1.165) is 11.3 Å². The first-order valence-corrected chi connectivity index (χ1v) is 9.56. The van der Waals surface area contributed by atoms with Gasteiger partial charge in [-0.2, -0.15) is 13.2 Å². The molecule has 0 aliphatic rings. The third kappa shape index (κ3) is 3.55. The van der Waals surface area contributed by atoms with Crippen molar-refractivity contribution in [3.63, 3.8) is 0 Å². The number of hydrogen-bond donors (Lipinski definition) is 1. The second-order valence-corrected chi connectivity index (χ2v) is 8.53. The van der Waals surface area contributed by atoms with Gasteiger partial charge in [0.2, 0.25) is 15.8 Å². The molecule has 0 aliphatic carbocycles. The minimum Gasteiger partial charge on any atom is -0.468 e. The number of alkyl halides is 3. The number of nitrogens with one attached hydrogen (secondary N) is 1. The van der Waals surface area contributed by atoms with Crippen LogP contribution in [0.1, 0.15) is 21.3 Å². The van der Waals surface area contributed by atoms with Gasteiger partial charge in [0.05, 0.1) is 12.8 Å². The third-order valence-corrected chi connectivity index (χ3v) is 6.26. The Kier molecular flexibility index (Phi) is 4.71. The third-order valence-electron chi connectivity index (χ3n) is 3.54. The largest absolute Gasteiger partial charge is 0.468 e. The number of nitrogens with zero attached hydrogens (tertiary/aromatic N) is 1. The van der Waals surface area contributed by atoms with E-state index in [-0.39, 0.29) is 22.7 Å². The zero-order valence-electron chi connectivity index (χ0n) is 13.5. The van der Waals surface area contributed by atoms with Crippen LogP contribution >= 0.6 is 11.3 Å². The molecule has 3 rings (SSSR count). The zero-order valence-corrected chi connectivity index (χ0v) is 15.2. The van der Waals surface area contributed by atoms with Crippen LogP contribution in [0.2, 0.25) is 0 Å². The van der Waals surface area contributed by atoms with Crippen molar-refractivity contribution in [3.8, 4) is 11.3 Å². The van der Waals surface area contributed by atoms with Crippen molar-refractivity contribution in [2.24, 2.45) is 0 Å². The first kappa shape index (κ1) is 18.7. The summed E-state index contributed by atoms with van der Waals surface area (Å²) in [6.45, 7) is 3.10. The summed E-state index contributed by atoms with van der Waals surface area (Å²) in [5, 5.41) is 3.41. The number of sulfonamides is 1. The Morgan fingerprint density at radius 1 is 1.27 bits per heavy atom. The first-order valence-electron chi connectivity index (χ1n) is 7.26. The summed E-state index contributed by atoms with van der Waals surface area (Å²) < 4.78 is 75.6. The van der Waals surface area contributed by atoms with Crippen LogP contribution in [0.15, 0.2) is 38.3 Å². The number of rotatable bonds is 5. The number of furan rings is 1. The van der Waals surface area contributed by atoms with E-state index in [0.29, 0.717) is 21.6 Å². The van der Waals surface area contributed by atoms with Gasteiger partial charge in [-0.1, -0.05) is 5.16 Å². The van der Waals surface area contributed by atoms with E-state index < -0.39 is 22.0 Å². The lowest BCUT2D eigenvalue weighted by atomic mass is 10.1. The number of aryl methyl sites for hydroxylation is 2. The molecule has 3 heterocycles. The van der Waals surface area contributed by atoms with Crippen LogP contribution < -0.4 is 4.72 Å². The molecule has 11 heteroatoms. The van der Waals surface area contributed by atoms with Gasteiger partial charge in [0.25, 0.3) is 0 Å². The van der Waals surface area contributed by atoms with Gasteiger partial charge < -0.3 is 8.94 Å². The summed E-state index contributed by atoms with van der Waals surface area (Å²) in [7, 11) is -4.01. The van der Waals surface area contributed by atoms with E-state index in [1.807, 2.05) is 0 Å². The van der Waals surface area contributed by atoms with Crippen molar-refractivity contribution in [2.45, 2.75) is 31.5 Å². The number of aromatic nitrogens is 1. The fourth-order valence-corrected chi connectivity index (χ4v) is 5.32. The first-order chi connectivity index (χ1) is 12.1. The second kappa shape index (κ2) is 6.56. The quantitative estimate of drug-likeness (QED) is 0.689. The molecule has 0 spiro atoms. The highest BCUT2D eigenvalue weighted by molar-refractivity contribution is 7.89. The van der Waals surface area contributed by atoms with Crippen LogP contribution in [0, 0.1) is 13.8 Å². The Labute approximate surface area is 150 Å². The summed E-state index contributed by atoms with van der Waals surface area (Å²) in [5.74, 6) is -0.886. The van der Waals surface area contributed by atoms with Gasteiger partial charge in [0, 0.05) is 21.4 Å². The molecule has 0 saturated carbocycles. The Morgan fingerprint density at radius 2 is 2.00 bits per heavy atom. The normalized spacial score (nSPS) is 12.7. The SMILES string of the molecule is Cc1sc(C)c(S(=O)(=O)NCc2ccco2)c1-c1cc(C(F)(F)F)on1. The van der Waals surface area contributed by atoms with Gasteiger partial charge in [-0.15, -0.1) is 11.3 Å². The lowest BCUT2D eigenvalue weighted by Gasteiger charge is -2.07. The molecule has 0 atom stereocenters. The van der Waals surface area contributed by atoms with E-state index in [4.69, 9.17) is 4.42 Å². The van der Waals surface area contributed by atoms with Crippen LogP contribution in [0.4, 0.5) is 13.2 Å². The van der Waals surface area contributed by atoms with Crippen LogP contribution in [0.3, 0.4) is 0 Å². The molecule has 3 aromatic rings. The molecule has 0 fully saturated rings. The number of thiophene rings is 1. The minimum absolute atomic E-state index is 0.0876. The van der Waals surface area contributed by atoms with Gasteiger partial charge in [-0.05, 0) is 26.0 Å². The topological polar surface area (TPSA) is 85.3 Å². The maximum atomic E-state index is 12.8. The molecular weight excluding hydrogens is 393 g/mol. The summed E-state index contributed by atoms with van der Waals surface area (Å²) in [4.78, 5) is 0.831. The maximum absolute atomic E-state index is 12.8. The Morgan fingerprint density at radius 3 is 2.58 bits per heavy atom. The second-order valence-electron chi connectivity index (χ2n) is 5.40. The minimum atomic E-state index is -4.71. The van der Waals surface area contributed by atoms with Crippen molar-refractivity contribution in [2.75, 3.05) is 0 Å². The standard InChI is InChI=1S/C15H13F3N2O4S2/c1-8-13(11-6-12(24-20-11)15(16,17)18)14(9(2)25-8)26(21,22)19-7-10-4-3-5-23-10/h3-6,19H,7H2,1-2H3. The molecule has 0 aromatic carbocycles. The lowest BCUT2D eigenvalue weighted by Crippen LogP contribution is -2.23. The van der Waals surface area contributed by atoms with Crippen molar-refractivity contribution in [3.05, 3.63) is 45.7 Å². The Hall–Kier alpha value is -2.11. The predicted octanol–water partition coefficient (Wildman–Crippen LogP) is 4.11. The molecule has 140 valence electrons. The van der Waals surface area contributed by atoms with Gasteiger partial charge >= 0.3 is 6.18 Å². The van der Waals surface area contributed by atoms with Gasteiger partial charge in [-0.3, -0.25) is 0 Å².